The number of alkyl halides is 3. The lowest BCUT2D eigenvalue weighted by Gasteiger charge is -2.25. The lowest BCUT2D eigenvalue weighted by atomic mass is 9.91. The van der Waals surface area contributed by atoms with Crippen molar-refractivity contribution in [2.45, 2.75) is 31.5 Å². The number of halogens is 5. The third kappa shape index (κ3) is 6.14. The predicted molar refractivity (Wildman–Crippen MR) is 130 cm³/mol. The summed E-state index contributed by atoms with van der Waals surface area (Å²) in [5, 5.41) is 2.15. The smallest absolute Gasteiger partial charge is 0.398 e. The molecule has 4 rings (SSSR count). The molecule has 1 aromatic heterocycles. The molecule has 1 amide bonds. The number of nitrogens with one attached hydrogen (secondary N) is 1. The van der Waals surface area contributed by atoms with E-state index in [9.17, 15) is 22.4 Å². The third-order valence-corrected chi connectivity index (χ3v) is 6.12. The van der Waals surface area contributed by atoms with Crippen LogP contribution in [0.3, 0.4) is 0 Å². The standard InChI is InChI=1S/C26H24ClF4N3O3/c1-25(2,32)16-11-20(14-3-5-19(28)18(27)9-14)34-21(12-16)17(26(29,30)31)13-33-24(35)15-4-6-22-23(10-15)37-8-7-36-22/h3-6,9-12,17H,7-8,13,32H2,1-2H3,(H,33,35). The normalized spacial score (nSPS) is 14.3. The van der Waals surface area contributed by atoms with E-state index in [-0.39, 0.29) is 22.0 Å². The summed E-state index contributed by atoms with van der Waals surface area (Å²) in [6.07, 6.45) is -4.75. The number of carbonyl (C=O) groups is 1. The first-order valence-corrected chi connectivity index (χ1v) is 11.7. The molecule has 6 nitrogen and oxygen atoms in total. The van der Waals surface area contributed by atoms with E-state index < -0.39 is 35.9 Å². The van der Waals surface area contributed by atoms with Crippen molar-refractivity contribution < 1.29 is 31.8 Å². The minimum Gasteiger partial charge on any atom is -0.486 e. The fourth-order valence-corrected chi connectivity index (χ4v) is 3.96. The Bertz CT molecular complexity index is 1330. The van der Waals surface area contributed by atoms with Crippen LogP contribution in [0.4, 0.5) is 17.6 Å². The number of nitrogens with zero attached hydrogens (tertiary/aromatic N) is 1. The summed E-state index contributed by atoms with van der Waals surface area (Å²) in [6.45, 7) is 3.17. The molecule has 1 atom stereocenters. The lowest BCUT2D eigenvalue weighted by Crippen LogP contribution is -2.36. The zero-order chi connectivity index (χ0) is 27.0. The maximum absolute atomic E-state index is 14.2. The first kappa shape index (κ1) is 26.7. The molecule has 3 N–H and O–H groups in total. The van der Waals surface area contributed by atoms with Gasteiger partial charge in [0.05, 0.1) is 16.4 Å². The SMILES string of the molecule is CC(C)(N)c1cc(-c2ccc(F)c(Cl)c2)nc(C(CNC(=O)c2ccc3c(c2)OCCO3)C(F)(F)F)c1. The highest BCUT2D eigenvalue weighted by molar-refractivity contribution is 6.31. The molecule has 1 aliphatic heterocycles. The molecule has 0 saturated heterocycles. The molecular formula is C26H24ClF4N3O3. The summed E-state index contributed by atoms with van der Waals surface area (Å²) in [5.74, 6) is -2.74. The average molecular weight is 538 g/mol. The van der Waals surface area contributed by atoms with Crippen LogP contribution in [0.25, 0.3) is 11.3 Å². The molecule has 2 aromatic carbocycles. The zero-order valence-electron chi connectivity index (χ0n) is 20.0. The molecule has 196 valence electrons. The maximum Gasteiger partial charge on any atom is 0.398 e. The van der Waals surface area contributed by atoms with Crippen LogP contribution in [-0.2, 0) is 5.54 Å². The number of carbonyl (C=O) groups excluding carboxylic acids is 1. The number of amides is 1. The Labute approximate surface area is 215 Å². The number of nitrogens with two attached hydrogens (primary N) is 1. The van der Waals surface area contributed by atoms with Crippen LogP contribution in [-0.4, -0.2) is 36.8 Å². The molecule has 37 heavy (non-hydrogen) atoms. The largest absolute Gasteiger partial charge is 0.486 e. The second-order valence-corrected chi connectivity index (χ2v) is 9.59. The van der Waals surface area contributed by atoms with Crippen molar-refractivity contribution in [1.29, 1.82) is 0 Å². The minimum atomic E-state index is -4.75. The molecule has 0 aliphatic carbocycles. The highest BCUT2D eigenvalue weighted by atomic mass is 35.5. The molecule has 0 radical (unpaired) electrons. The van der Waals surface area contributed by atoms with Gasteiger partial charge in [-0.15, -0.1) is 0 Å². The molecule has 3 aromatic rings. The molecule has 0 spiro atoms. The van der Waals surface area contributed by atoms with E-state index in [4.69, 9.17) is 26.8 Å². The summed E-state index contributed by atoms with van der Waals surface area (Å²) < 4.78 is 67.2. The summed E-state index contributed by atoms with van der Waals surface area (Å²) in [4.78, 5) is 16.9. The number of benzene rings is 2. The van der Waals surface area contributed by atoms with Crippen LogP contribution >= 0.6 is 11.6 Å². The Hall–Kier alpha value is -3.37. The molecule has 11 heteroatoms. The number of rotatable bonds is 6. The van der Waals surface area contributed by atoms with Gasteiger partial charge in [0.1, 0.15) is 24.9 Å². The van der Waals surface area contributed by atoms with E-state index >= 15 is 0 Å². The number of hydrogen-bond acceptors (Lipinski definition) is 5. The van der Waals surface area contributed by atoms with Gasteiger partial charge in [-0.1, -0.05) is 11.6 Å². The molecule has 1 unspecified atom stereocenters. The van der Waals surface area contributed by atoms with Crippen molar-refractivity contribution in [3.8, 4) is 22.8 Å². The van der Waals surface area contributed by atoms with Crippen molar-refractivity contribution in [1.82, 2.24) is 10.3 Å². The van der Waals surface area contributed by atoms with E-state index in [0.717, 1.165) is 6.07 Å². The number of hydrogen-bond donors (Lipinski definition) is 2. The number of ether oxygens (including phenoxy) is 2. The Kier molecular flexibility index (Phi) is 7.34. The monoisotopic (exact) mass is 537 g/mol. The quantitative estimate of drug-likeness (QED) is 0.401. The highest BCUT2D eigenvalue weighted by Crippen LogP contribution is 2.37. The first-order valence-electron chi connectivity index (χ1n) is 11.3. The van der Waals surface area contributed by atoms with Gasteiger partial charge in [-0.05, 0) is 67.9 Å². The topological polar surface area (TPSA) is 86.5 Å². The summed E-state index contributed by atoms with van der Waals surface area (Å²) in [7, 11) is 0. The Morgan fingerprint density at radius 3 is 2.43 bits per heavy atom. The fraction of sp³-hybridized carbons (Fsp3) is 0.308. The van der Waals surface area contributed by atoms with Gasteiger partial charge in [0.15, 0.2) is 11.5 Å². The molecule has 0 bridgehead atoms. The minimum absolute atomic E-state index is 0.122. The second kappa shape index (κ2) is 10.2. The van der Waals surface area contributed by atoms with Gasteiger partial charge in [-0.25, -0.2) is 4.39 Å². The number of aromatic nitrogens is 1. The van der Waals surface area contributed by atoms with Gasteiger partial charge in [0, 0.05) is 23.2 Å². The van der Waals surface area contributed by atoms with Crippen molar-refractivity contribution in [3.63, 3.8) is 0 Å². The third-order valence-electron chi connectivity index (χ3n) is 5.83. The van der Waals surface area contributed by atoms with Crippen molar-refractivity contribution >= 4 is 17.5 Å². The maximum atomic E-state index is 14.2. The lowest BCUT2D eigenvalue weighted by molar-refractivity contribution is -0.149. The molecule has 2 heterocycles. The van der Waals surface area contributed by atoms with E-state index in [1.807, 2.05) is 0 Å². The second-order valence-electron chi connectivity index (χ2n) is 9.18. The van der Waals surface area contributed by atoms with E-state index in [1.54, 1.807) is 13.8 Å². The Balaban J connectivity index is 1.67. The zero-order valence-corrected chi connectivity index (χ0v) is 20.7. The van der Waals surface area contributed by atoms with E-state index in [1.165, 1.54) is 42.5 Å². The van der Waals surface area contributed by atoms with Crippen LogP contribution in [0.2, 0.25) is 5.02 Å². The molecule has 1 aliphatic rings. The van der Waals surface area contributed by atoms with Crippen molar-refractivity contribution in [2.75, 3.05) is 19.8 Å². The van der Waals surface area contributed by atoms with Crippen LogP contribution < -0.4 is 20.5 Å². The summed E-state index contributed by atoms with van der Waals surface area (Å²) >= 11 is 5.88. The van der Waals surface area contributed by atoms with Gasteiger partial charge in [-0.2, -0.15) is 13.2 Å². The summed E-state index contributed by atoms with van der Waals surface area (Å²) in [5.41, 5.74) is 5.80. The fourth-order valence-electron chi connectivity index (χ4n) is 3.78. The first-order chi connectivity index (χ1) is 17.3. The highest BCUT2D eigenvalue weighted by Gasteiger charge is 2.42. The molecular weight excluding hydrogens is 514 g/mol. The van der Waals surface area contributed by atoms with Crippen LogP contribution in [0.1, 0.15) is 41.4 Å². The van der Waals surface area contributed by atoms with Gasteiger partial charge >= 0.3 is 6.18 Å². The van der Waals surface area contributed by atoms with Crippen LogP contribution in [0.5, 0.6) is 11.5 Å². The number of pyridine rings is 1. The van der Waals surface area contributed by atoms with Gasteiger partial charge in [0.2, 0.25) is 0 Å². The van der Waals surface area contributed by atoms with Crippen molar-refractivity contribution in [2.24, 2.45) is 5.73 Å². The molecule has 0 fully saturated rings. The van der Waals surface area contributed by atoms with Crippen LogP contribution in [0, 0.1) is 5.82 Å². The molecule has 0 saturated carbocycles. The Morgan fingerprint density at radius 2 is 1.78 bits per heavy atom. The van der Waals surface area contributed by atoms with Gasteiger partial charge < -0.3 is 20.5 Å². The van der Waals surface area contributed by atoms with E-state index in [2.05, 4.69) is 10.3 Å². The Morgan fingerprint density at radius 1 is 1.08 bits per heavy atom. The van der Waals surface area contributed by atoms with Gasteiger partial charge in [0.25, 0.3) is 5.91 Å². The van der Waals surface area contributed by atoms with Gasteiger partial charge in [-0.3, -0.25) is 9.78 Å². The summed E-state index contributed by atoms with van der Waals surface area (Å²) in [6, 6.07) is 10.9. The average Bonchev–Trinajstić information content (AvgIpc) is 2.84. The van der Waals surface area contributed by atoms with Crippen LogP contribution in [0.15, 0.2) is 48.5 Å². The van der Waals surface area contributed by atoms with E-state index in [0.29, 0.717) is 35.8 Å². The predicted octanol–water partition coefficient (Wildman–Crippen LogP) is 5.58. The number of fused-ring (bicyclic) bond motifs is 1. The van der Waals surface area contributed by atoms with Crippen molar-refractivity contribution in [3.05, 3.63) is 76.2 Å².